The van der Waals surface area contributed by atoms with Gasteiger partial charge in [0, 0.05) is 12.5 Å². The Morgan fingerprint density at radius 1 is 1.37 bits per heavy atom. The second-order valence-electron chi connectivity index (χ2n) is 4.49. The van der Waals surface area contributed by atoms with E-state index in [2.05, 4.69) is 0 Å². The quantitative estimate of drug-likeness (QED) is 0.846. The normalized spacial score (nSPS) is 19.0. The van der Waals surface area contributed by atoms with Crippen molar-refractivity contribution in [3.63, 3.8) is 0 Å². The van der Waals surface area contributed by atoms with Crippen molar-refractivity contribution in [2.24, 2.45) is 0 Å². The molecule has 2 rings (SSSR count). The van der Waals surface area contributed by atoms with Crippen molar-refractivity contribution < 1.29 is 24.2 Å². The van der Waals surface area contributed by atoms with E-state index < -0.39 is 12.1 Å². The van der Waals surface area contributed by atoms with Crippen LogP contribution in [0.2, 0.25) is 0 Å². The van der Waals surface area contributed by atoms with Gasteiger partial charge < -0.3 is 14.6 Å². The highest BCUT2D eigenvalue weighted by Gasteiger charge is 2.27. The summed E-state index contributed by atoms with van der Waals surface area (Å²) in [7, 11) is 1.47. The molecule has 1 aliphatic carbocycles. The fraction of sp³-hybridized carbons (Fsp3) is 0.429. The smallest absolute Gasteiger partial charge is 0.342 e. The fourth-order valence-corrected chi connectivity index (χ4v) is 2.08. The van der Waals surface area contributed by atoms with Gasteiger partial charge in [0.2, 0.25) is 0 Å². The molecule has 19 heavy (non-hydrogen) atoms. The summed E-state index contributed by atoms with van der Waals surface area (Å²) in [6, 6.07) is 4.31. The number of ether oxygens (including phenoxy) is 2. The number of rotatable bonds is 3. The van der Waals surface area contributed by atoms with Crippen LogP contribution in [0.15, 0.2) is 18.2 Å². The molecule has 5 nitrogen and oxygen atoms in total. The summed E-state index contributed by atoms with van der Waals surface area (Å²) in [4.78, 5) is 23.5. The highest BCUT2D eigenvalue weighted by atomic mass is 16.5. The first kappa shape index (κ1) is 13.4. The summed E-state index contributed by atoms with van der Waals surface area (Å²) in [6.07, 6.45) is 2.05. The lowest BCUT2D eigenvalue weighted by atomic mass is 9.96. The van der Waals surface area contributed by atoms with Crippen molar-refractivity contribution >= 4 is 11.8 Å². The van der Waals surface area contributed by atoms with Gasteiger partial charge in [-0.3, -0.25) is 4.79 Å². The number of methoxy groups -OCH3 is 1. The van der Waals surface area contributed by atoms with Gasteiger partial charge in [0.15, 0.2) is 11.9 Å². The van der Waals surface area contributed by atoms with Gasteiger partial charge in [0.1, 0.15) is 17.1 Å². The average molecular weight is 264 g/mol. The van der Waals surface area contributed by atoms with Crippen LogP contribution in [-0.4, -0.2) is 30.1 Å². The Kier molecular flexibility index (Phi) is 4.04. The largest absolute Gasteiger partial charge is 0.507 e. The summed E-state index contributed by atoms with van der Waals surface area (Å²) < 4.78 is 10.1. The van der Waals surface area contributed by atoms with Crippen molar-refractivity contribution in [2.45, 2.75) is 31.8 Å². The van der Waals surface area contributed by atoms with E-state index in [1.807, 2.05) is 0 Å². The molecule has 0 amide bonds. The van der Waals surface area contributed by atoms with E-state index in [9.17, 15) is 14.7 Å². The maximum Gasteiger partial charge on any atom is 0.342 e. The number of phenols is 1. The molecule has 1 fully saturated rings. The molecular weight excluding hydrogens is 248 g/mol. The van der Waals surface area contributed by atoms with Gasteiger partial charge in [0.25, 0.3) is 0 Å². The van der Waals surface area contributed by atoms with Crippen LogP contribution in [0.3, 0.4) is 0 Å². The fourth-order valence-electron chi connectivity index (χ4n) is 2.08. The van der Waals surface area contributed by atoms with Crippen molar-refractivity contribution in [1.82, 2.24) is 0 Å². The molecule has 102 valence electrons. The lowest BCUT2D eigenvalue weighted by Gasteiger charge is -2.20. The van der Waals surface area contributed by atoms with Gasteiger partial charge in [-0.1, -0.05) is 0 Å². The third-order valence-corrected chi connectivity index (χ3v) is 3.17. The highest BCUT2D eigenvalue weighted by Crippen LogP contribution is 2.25. The SMILES string of the molecule is COc1ccc(C(=O)O[C@@H]2CCCCC2=O)c(O)c1. The van der Waals surface area contributed by atoms with E-state index in [-0.39, 0.29) is 17.1 Å². The number of aromatic hydroxyl groups is 1. The Balaban J connectivity index is 2.09. The molecule has 0 radical (unpaired) electrons. The van der Waals surface area contributed by atoms with Crippen LogP contribution in [0.1, 0.15) is 36.0 Å². The molecule has 5 heteroatoms. The van der Waals surface area contributed by atoms with Gasteiger partial charge in [-0.05, 0) is 31.4 Å². The summed E-state index contributed by atoms with van der Waals surface area (Å²) >= 11 is 0. The molecule has 0 aliphatic heterocycles. The zero-order valence-corrected chi connectivity index (χ0v) is 10.7. The summed E-state index contributed by atoms with van der Waals surface area (Å²) in [5, 5.41) is 9.72. The Morgan fingerprint density at radius 2 is 2.16 bits per heavy atom. The minimum absolute atomic E-state index is 0.0409. The third kappa shape index (κ3) is 3.05. The van der Waals surface area contributed by atoms with Crippen molar-refractivity contribution in [3.05, 3.63) is 23.8 Å². The molecule has 0 aromatic heterocycles. The number of carbonyl (C=O) groups excluding carboxylic acids is 2. The average Bonchev–Trinajstić information content (AvgIpc) is 2.41. The number of esters is 1. The van der Waals surface area contributed by atoms with Crippen LogP contribution in [-0.2, 0) is 9.53 Å². The summed E-state index contributed by atoms with van der Waals surface area (Å²) in [5.41, 5.74) is 0.0409. The first-order chi connectivity index (χ1) is 9.11. The Labute approximate surface area is 111 Å². The van der Waals surface area contributed by atoms with Crippen LogP contribution >= 0.6 is 0 Å². The number of benzene rings is 1. The van der Waals surface area contributed by atoms with Crippen LogP contribution in [0.5, 0.6) is 11.5 Å². The second kappa shape index (κ2) is 5.73. The van der Waals surface area contributed by atoms with Gasteiger partial charge in [-0.15, -0.1) is 0 Å². The molecule has 0 saturated heterocycles. The number of phenolic OH excluding ortho intramolecular Hbond substituents is 1. The van der Waals surface area contributed by atoms with Gasteiger partial charge in [0.05, 0.1) is 7.11 Å². The number of hydrogen-bond acceptors (Lipinski definition) is 5. The lowest BCUT2D eigenvalue weighted by molar-refractivity contribution is -0.129. The standard InChI is InChI=1S/C14H16O5/c1-18-9-6-7-10(12(16)8-9)14(17)19-13-5-3-2-4-11(13)15/h6-8,13,16H,2-5H2,1H3/t13-/m1/s1. The minimum Gasteiger partial charge on any atom is -0.507 e. The van der Waals surface area contributed by atoms with Crippen molar-refractivity contribution in [1.29, 1.82) is 0 Å². The van der Waals surface area contributed by atoms with Crippen LogP contribution in [0.25, 0.3) is 0 Å². The molecule has 0 spiro atoms. The second-order valence-corrected chi connectivity index (χ2v) is 4.49. The number of carbonyl (C=O) groups is 2. The summed E-state index contributed by atoms with van der Waals surface area (Å²) in [6.45, 7) is 0. The lowest BCUT2D eigenvalue weighted by Crippen LogP contribution is -2.30. The summed E-state index contributed by atoms with van der Waals surface area (Å²) in [5.74, 6) is -0.497. The topological polar surface area (TPSA) is 72.8 Å². The molecule has 1 aliphatic rings. The molecule has 1 aromatic carbocycles. The molecule has 1 saturated carbocycles. The monoisotopic (exact) mass is 264 g/mol. The van der Waals surface area contributed by atoms with Crippen LogP contribution < -0.4 is 4.74 Å². The Hall–Kier alpha value is -2.04. The molecule has 0 unspecified atom stereocenters. The zero-order valence-electron chi connectivity index (χ0n) is 10.7. The molecule has 1 atom stereocenters. The van der Waals surface area contributed by atoms with Crippen LogP contribution in [0, 0.1) is 0 Å². The van der Waals surface area contributed by atoms with E-state index in [1.54, 1.807) is 6.07 Å². The Morgan fingerprint density at radius 3 is 2.79 bits per heavy atom. The van der Waals surface area contributed by atoms with Gasteiger partial charge in [-0.25, -0.2) is 4.79 Å². The molecule has 0 bridgehead atoms. The first-order valence-electron chi connectivity index (χ1n) is 6.22. The predicted molar refractivity (Wildman–Crippen MR) is 67.3 cm³/mol. The third-order valence-electron chi connectivity index (χ3n) is 3.17. The van der Waals surface area contributed by atoms with E-state index in [0.717, 1.165) is 12.8 Å². The highest BCUT2D eigenvalue weighted by molar-refractivity contribution is 5.95. The minimum atomic E-state index is -0.680. The van der Waals surface area contributed by atoms with Crippen molar-refractivity contribution in [2.75, 3.05) is 7.11 Å². The van der Waals surface area contributed by atoms with E-state index >= 15 is 0 Å². The van der Waals surface area contributed by atoms with Crippen LogP contribution in [0.4, 0.5) is 0 Å². The number of ketones is 1. The predicted octanol–water partition coefficient (Wildman–Crippen LogP) is 2.07. The van der Waals surface area contributed by atoms with Gasteiger partial charge in [-0.2, -0.15) is 0 Å². The number of hydrogen-bond donors (Lipinski definition) is 1. The van der Waals surface area contributed by atoms with Gasteiger partial charge >= 0.3 is 5.97 Å². The molecule has 1 N–H and O–H groups in total. The van der Waals surface area contributed by atoms with E-state index in [1.165, 1.54) is 19.2 Å². The molecular formula is C14H16O5. The maximum atomic E-state index is 11.9. The van der Waals surface area contributed by atoms with E-state index in [4.69, 9.17) is 9.47 Å². The zero-order chi connectivity index (χ0) is 13.8. The number of Topliss-reactive ketones (excluding diaryl/α,β-unsaturated/α-hetero) is 1. The first-order valence-corrected chi connectivity index (χ1v) is 6.22. The maximum absolute atomic E-state index is 11.9. The van der Waals surface area contributed by atoms with Crippen molar-refractivity contribution in [3.8, 4) is 11.5 Å². The van der Waals surface area contributed by atoms with E-state index in [0.29, 0.717) is 18.6 Å². The molecule has 1 aromatic rings. The molecule has 0 heterocycles. The Bertz CT molecular complexity index is 495.